The molecule has 6 heteroatoms. The number of rotatable bonds is 7. The highest BCUT2D eigenvalue weighted by atomic mass is 16.5. The van der Waals surface area contributed by atoms with E-state index < -0.39 is 11.3 Å². The lowest BCUT2D eigenvalue weighted by atomic mass is 9.73. The van der Waals surface area contributed by atoms with Gasteiger partial charge in [-0.15, -0.1) is 11.6 Å². The second kappa shape index (κ2) is 8.20. The molecule has 0 spiro atoms. The average molecular weight is 282 g/mol. The van der Waals surface area contributed by atoms with Crippen molar-refractivity contribution in [3.63, 3.8) is 0 Å². The van der Waals surface area contributed by atoms with Crippen molar-refractivity contribution in [3.8, 4) is 12.3 Å². The number of hydrogen-bond acceptors (Lipinski definition) is 5. The number of oxime groups is 1. The second-order valence-electron chi connectivity index (χ2n) is 5.01. The molecule has 0 aromatic heterocycles. The van der Waals surface area contributed by atoms with Crippen LogP contribution in [0.2, 0.25) is 0 Å². The van der Waals surface area contributed by atoms with Crippen molar-refractivity contribution in [2.45, 2.75) is 26.2 Å². The maximum absolute atomic E-state index is 11.9. The van der Waals surface area contributed by atoms with Crippen LogP contribution in [0.4, 0.5) is 0 Å². The first-order chi connectivity index (χ1) is 9.30. The Morgan fingerprint density at radius 3 is 2.55 bits per heavy atom. The predicted octanol–water partition coefficient (Wildman–Crippen LogP) is 1.13. The molecular formula is C14H22N2O4. The number of hydrogen-bond donors (Lipinski definition) is 1. The fourth-order valence-corrected chi connectivity index (χ4v) is 1.77. The van der Waals surface area contributed by atoms with Gasteiger partial charge in [-0.1, -0.05) is 5.92 Å². The van der Waals surface area contributed by atoms with E-state index >= 15 is 0 Å². The Morgan fingerprint density at radius 1 is 1.55 bits per heavy atom. The Kier molecular flexibility index (Phi) is 7.37. The van der Waals surface area contributed by atoms with E-state index in [9.17, 15) is 9.59 Å². The summed E-state index contributed by atoms with van der Waals surface area (Å²) in [4.78, 5) is 24.5. The van der Waals surface area contributed by atoms with Crippen LogP contribution in [0.1, 0.15) is 26.2 Å². The Hall–Kier alpha value is -2.03. The number of amides is 1. The van der Waals surface area contributed by atoms with E-state index in [-0.39, 0.29) is 24.7 Å². The summed E-state index contributed by atoms with van der Waals surface area (Å²) in [5, 5.41) is 11.8. The summed E-state index contributed by atoms with van der Waals surface area (Å²) in [5.41, 5.74) is -0.832. The normalized spacial score (nSPS) is 15.2. The number of carbonyl (C=O) groups is 2. The Balaban J connectivity index is 5.04. The van der Waals surface area contributed by atoms with Crippen molar-refractivity contribution in [2.24, 2.45) is 16.5 Å². The van der Waals surface area contributed by atoms with Crippen LogP contribution in [0, 0.1) is 23.7 Å². The average Bonchev–Trinajstić information content (AvgIpc) is 2.42. The first-order valence-corrected chi connectivity index (χ1v) is 6.23. The lowest BCUT2D eigenvalue weighted by Crippen LogP contribution is -2.35. The fraction of sp³-hybridized carbons (Fsp3) is 0.643. The highest BCUT2D eigenvalue weighted by molar-refractivity contribution is 5.78. The molecule has 1 amide bonds. The molecular weight excluding hydrogens is 260 g/mol. The van der Waals surface area contributed by atoms with E-state index in [0.717, 1.165) is 0 Å². The third kappa shape index (κ3) is 5.31. The maximum Gasteiger partial charge on any atom is 0.305 e. The molecule has 0 aromatic rings. The standard InChI is InChI=1S/C14H22N2O4/c1-6-14(2,9-12(17)16(3)4)11(10-15-19)7-8-13(18)20-5/h1,10-11,19H,7-9H2,2-5H3/b15-10+/t11-,14+/m1/s1. The van der Waals surface area contributed by atoms with Crippen LogP contribution in [0.25, 0.3) is 0 Å². The Bertz CT molecular complexity index is 412. The first kappa shape index (κ1) is 18.0. The molecule has 20 heavy (non-hydrogen) atoms. The van der Waals surface area contributed by atoms with Gasteiger partial charge in [-0.25, -0.2) is 0 Å². The van der Waals surface area contributed by atoms with Gasteiger partial charge in [-0.2, -0.15) is 0 Å². The van der Waals surface area contributed by atoms with E-state index in [1.54, 1.807) is 21.0 Å². The largest absolute Gasteiger partial charge is 0.469 e. The zero-order valence-corrected chi connectivity index (χ0v) is 12.4. The highest BCUT2D eigenvalue weighted by Crippen LogP contribution is 2.33. The number of nitrogens with zero attached hydrogens (tertiary/aromatic N) is 2. The molecule has 6 nitrogen and oxygen atoms in total. The van der Waals surface area contributed by atoms with Crippen LogP contribution < -0.4 is 0 Å². The second-order valence-corrected chi connectivity index (χ2v) is 5.01. The van der Waals surface area contributed by atoms with Gasteiger partial charge in [-0.05, 0) is 13.3 Å². The molecule has 0 heterocycles. The number of esters is 1. The minimum atomic E-state index is -0.832. The number of carbonyl (C=O) groups excluding carboxylic acids is 2. The summed E-state index contributed by atoms with van der Waals surface area (Å²) in [6, 6.07) is 0. The molecule has 2 atom stereocenters. The van der Waals surface area contributed by atoms with Gasteiger partial charge in [0.05, 0.1) is 7.11 Å². The molecule has 0 fully saturated rings. The van der Waals surface area contributed by atoms with Crippen molar-refractivity contribution in [3.05, 3.63) is 0 Å². The molecule has 0 aliphatic rings. The van der Waals surface area contributed by atoms with Crippen molar-refractivity contribution >= 4 is 18.1 Å². The monoisotopic (exact) mass is 282 g/mol. The maximum atomic E-state index is 11.9. The number of methoxy groups -OCH3 is 1. The summed E-state index contributed by atoms with van der Waals surface area (Å²) in [6.07, 6.45) is 7.41. The van der Waals surface area contributed by atoms with Crippen molar-refractivity contribution in [2.75, 3.05) is 21.2 Å². The topological polar surface area (TPSA) is 79.2 Å². The third-order valence-electron chi connectivity index (χ3n) is 3.30. The van der Waals surface area contributed by atoms with Gasteiger partial charge in [-0.3, -0.25) is 9.59 Å². The zero-order chi connectivity index (χ0) is 15.8. The molecule has 1 N–H and O–H groups in total. The van der Waals surface area contributed by atoms with Gasteiger partial charge in [0.1, 0.15) is 0 Å². The van der Waals surface area contributed by atoms with E-state index in [1.165, 1.54) is 18.2 Å². The highest BCUT2D eigenvalue weighted by Gasteiger charge is 2.34. The van der Waals surface area contributed by atoms with E-state index in [1.807, 2.05) is 0 Å². The van der Waals surface area contributed by atoms with E-state index in [0.29, 0.717) is 6.42 Å². The van der Waals surface area contributed by atoms with Crippen LogP contribution in [0.15, 0.2) is 5.16 Å². The van der Waals surface area contributed by atoms with Gasteiger partial charge >= 0.3 is 5.97 Å². The third-order valence-corrected chi connectivity index (χ3v) is 3.30. The summed E-state index contributed by atoms with van der Waals surface area (Å²) in [6.45, 7) is 1.73. The van der Waals surface area contributed by atoms with Gasteiger partial charge < -0.3 is 14.8 Å². The summed E-state index contributed by atoms with van der Waals surface area (Å²) >= 11 is 0. The van der Waals surface area contributed by atoms with Crippen molar-refractivity contribution < 1.29 is 19.5 Å². The lowest BCUT2D eigenvalue weighted by Gasteiger charge is -2.30. The zero-order valence-electron chi connectivity index (χ0n) is 12.4. The van der Waals surface area contributed by atoms with E-state index in [4.69, 9.17) is 11.6 Å². The quantitative estimate of drug-likeness (QED) is 0.250. The van der Waals surface area contributed by atoms with Crippen molar-refractivity contribution in [1.29, 1.82) is 0 Å². The summed E-state index contributed by atoms with van der Waals surface area (Å²) < 4.78 is 4.57. The predicted molar refractivity (Wildman–Crippen MR) is 75.3 cm³/mol. The Morgan fingerprint density at radius 2 is 2.15 bits per heavy atom. The summed E-state index contributed by atoms with van der Waals surface area (Å²) in [5.74, 6) is 1.69. The van der Waals surface area contributed by atoms with Crippen LogP contribution in [0.3, 0.4) is 0 Å². The molecule has 0 aliphatic heterocycles. The number of terminal acetylenes is 1. The van der Waals surface area contributed by atoms with Gasteiger partial charge in [0.2, 0.25) is 5.91 Å². The molecule has 0 aromatic carbocycles. The Labute approximate surface area is 119 Å². The molecule has 0 rings (SSSR count). The van der Waals surface area contributed by atoms with E-state index in [2.05, 4.69) is 15.8 Å². The molecule has 0 radical (unpaired) electrons. The van der Waals surface area contributed by atoms with Crippen LogP contribution in [-0.4, -0.2) is 49.4 Å². The van der Waals surface area contributed by atoms with Crippen molar-refractivity contribution in [1.82, 2.24) is 4.90 Å². The molecule has 0 unspecified atom stereocenters. The molecule has 112 valence electrons. The van der Waals surface area contributed by atoms with Gasteiger partial charge in [0, 0.05) is 44.5 Å². The fourth-order valence-electron chi connectivity index (χ4n) is 1.77. The molecule has 0 saturated heterocycles. The SMILES string of the molecule is C#C[C@@](C)(CC(=O)N(C)C)[C@@H](/C=N/O)CCC(=O)OC. The van der Waals surface area contributed by atoms with Gasteiger partial charge in [0.25, 0.3) is 0 Å². The minimum absolute atomic E-state index is 0.106. The molecule has 0 bridgehead atoms. The smallest absolute Gasteiger partial charge is 0.305 e. The number of ether oxygens (including phenoxy) is 1. The first-order valence-electron chi connectivity index (χ1n) is 6.23. The molecule has 0 saturated carbocycles. The minimum Gasteiger partial charge on any atom is -0.469 e. The van der Waals surface area contributed by atoms with Crippen LogP contribution >= 0.6 is 0 Å². The summed E-state index contributed by atoms with van der Waals surface area (Å²) in [7, 11) is 4.58. The van der Waals surface area contributed by atoms with Crippen LogP contribution in [-0.2, 0) is 14.3 Å². The van der Waals surface area contributed by atoms with Crippen LogP contribution in [0.5, 0.6) is 0 Å². The lowest BCUT2D eigenvalue weighted by molar-refractivity contribution is -0.140. The molecule has 0 aliphatic carbocycles. The van der Waals surface area contributed by atoms with Gasteiger partial charge in [0.15, 0.2) is 0 Å².